The summed E-state index contributed by atoms with van der Waals surface area (Å²) in [4.78, 5) is 18.8. The van der Waals surface area contributed by atoms with E-state index < -0.39 is 0 Å². The van der Waals surface area contributed by atoms with Crippen LogP contribution in [0.2, 0.25) is 0 Å². The van der Waals surface area contributed by atoms with Gasteiger partial charge in [0, 0.05) is 17.5 Å². The monoisotopic (exact) mass is 330 g/mol. The SMILES string of the molecule is CCc1ccc(-c2nc(CC(=O)N3CCC[C@@H]3CO)cs2)cc1. The van der Waals surface area contributed by atoms with Crippen molar-refractivity contribution in [1.82, 2.24) is 9.88 Å². The summed E-state index contributed by atoms with van der Waals surface area (Å²) in [6.07, 6.45) is 3.22. The fourth-order valence-corrected chi connectivity index (χ4v) is 3.84. The topological polar surface area (TPSA) is 53.4 Å². The Labute approximate surface area is 140 Å². The number of nitrogens with zero attached hydrogens (tertiary/aromatic N) is 2. The molecule has 0 aliphatic carbocycles. The summed E-state index contributed by atoms with van der Waals surface area (Å²) < 4.78 is 0. The molecule has 0 spiro atoms. The molecule has 0 saturated carbocycles. The Balaban J connectivity index is 1.68. The summed E-state index contributed by atoms with van der Waals surface area (Å²) in [5.74, 6) is 0.0692. The van der Waals surface area contributed by atoms with Gasteiger partial charge in [-0.2, -0.15) is 0 Å². The number of rotatable bonds is 5. The van der Waals surface area contributed by atoms with E-state index in [1.807, 2.05) is 5.38 Å². The Hall–Kier alpha value is -1.72. The molecule has 1 N–H and O–H groups in total. The van der Waals surface area contributed by atoms with Crippen LogP contribution >= 0.6 is 11.3 Å². The van der Waals surface area contributed by atoms with Gasteiger partial charge in [0.1, 0.15) is 5.01 Å². The van der Waals surface area contributed by atoms with Crippen molar-refractivity contribution in [3.8, 4) is 10.6 Å². The normalized spacial score (nSPS) is 17.7. The second-order valence-electron chi connectivity index (χ2n) is 5.94. The third kappa shape index (κ3) is 3.62. The average molecular weight is 330 g/mol. The first-order chi connectivity index (χ1) is 11.2. The number of thiazole rings is 1. The first-order valence-corrected chi connectivity index (χ1v) is 9.03. The Bertz CT molecular complexity index is 666. The van der Waals surface area contributed by atoms with Gasteiger partial charge in [-0.3, -0.25) is 4.79 Å². The fraction of sp³-hybridized carbons (Fsp3) is 0.444. The van der Waals surface area contributed by atoms with Gasteiger partial charge in [0.2, 0.25) is 5.91 Å². The number of hydrogen-bond acceptors (Lipinski definition) is 4. The minimum absolute atomic E-state index is 0.0119. The van der Waals surface area contributed by atoms with Crippen molar-refractivity contribution in [2.24, 2.45) is 0 Å². The molecular weight excluding hydrogens is 308 g/mol. The molecule has 23 heavy (non-hydrogen) atoms. The second-order valence-corrected chi connectivity index (χ2v) is 6.80. The molecule has 4 nitrogen and oxygen atoms in total. The molecule has 2 aromatic rings. The lowest BCUT2D eigenvalue weighted by Gasteiger charge is -2.22. The molecule has 1 atom stereocenters. The van der Waals surface area contributed by atoms with Gasteiger partial charge in [-0.1, -0.05) is 31.2 Å². The molecule has 0 bridgehead atoms. The molecule has 3 rings (SSSR count). The van der Waals surface area contributed by atoms with Crippen molar-refractivity contribution in [1.29, 1.82) is 0 Å². The molecule has 5 heteroatoms. The highest BCUT2D eigenvalue weighted by molar-refractivity contribution is 7.13. The predicted molar refractivity (Wildman–Crippen MR) is 92.5 cm³/mol. The molecule has 0 unspecified atom stereocenters. The molecule has 2 heterocycles. The Morgan fingerprint density at radius 3 is 2.87 bits per heavy atom. The van der Waals surface area contributed by atoms with Crippen molar-refractivity contribution in [3.05, 3.63) is 40.9 Å². The average Bonchev–Trinajstić information content (AvgIpc) is 3.23. The largest absolute Gasteiger partial charge is 0.394 e. The standard InChI is InChI=1S/C18H22N2O2S/c1-2-13-5-7-14(8-6-13)18-19-15(12-23-18)10-17(22)20-9-3-4-16(20)11-21/h5-8,12,16,21H,2-4,9-11H2,1H3/t16-/m1/s1. The van der Waals surface area contributed by atoms with Crippen LogP contribution in [0.15, 0.2) is 29.6 Å². The maximum Gasteiger partial charge on any atom is 0.228 e. The minimum atomic E-state index is -0.0119. The number of carbonyl (C=O) groups is 1. The summed E-state index contributed by atoms with van der Waals surface area (Å²) in [5, 5.41) is 12.3. The van der Waals surface area contributed by atoms with Crippen molar-refractivity contribution in [2.45, 2.75) is 38.6 Å². The van der Waals surface area contributed by atoms with Gasteiger partial charge in [0.05, 0.1) is 24.8 Å². The summed E-state index contributed by atoms with van der Waals surface area (Å²) in [6, 6.07) is 8.41. The van der Waals surface area contributed by atoms with Crippen LogP contribution in [0.4, 0.5) is 0 Å². The third-order valence-electron chi connectivity index (χ3n) is 4.40. The smallest absolute Gasteiger partial charge is 0.228 e. The molecule has 122 valence electrons. The van der Waals surface area contributed by atoms with Crippen LogP contribution in [-0.2, 0) is 17.6 Å². The zero-order valence-corrected chi connectivity index (χ0v) is 14.2. The molecule has 1 aromatic carbocycles. The zero-order valence-electron chi connectivity index (χ0n) is 13.4. The van der Waals surface area contributed by atoms with E-state index in [-0.39, 0.29) is 18.6 Å². The summed E-state index contributed by atoms with van der Waals surface area (Å²) in [6.45, 7) is 2.94. The van der Waals surface area contributed by atoms with Gasteiger partial charge in [0.25, 0.3) is 0 Å². The van der Waals surface area contributed by atoms with E-state index in [9.17, 15) is 9.90 Å². The molecule has 1 fully saturated rings. The lowest BCUT2D eigenvalue weighted by Crippen LogP contribution is -2.38. The first kappa shape index (κ1) is 16.1. The highest BCUT2D eigenvalue weighted by Gasteiger charge is 2.28. The van der Waals surface area contributed by atoms with Crippen LogP contribution in [-0.4, -0.2) is 40.1 Å². The van der Waals surface area contributed by atoms with Gasteiger partial charge < -0.3 is 10.0 Å². The predicted octanol–water partition coefficient (Wildman–Crippen LogP) is 2.90. The van der Waals surface area contributed by atoms with Crippen molar-refractivity contribution in [2.75, 3.05) is 13.2 Å². The number of aryl methyl sites for hydroxylation is 1. The van der Waals surface area contributed by atoms with E-state index in [1.54, 1.807) is 16.2 Å². The number of carbonyl (C=O) groups excluding carboxylic acids is 1. The Morgan fingerprint density at radius 1 is 1.39 bits per heavy atom. The van der Waals surface area contributed by atoms with E-state index in [1.165, 1.54) is 5.56 Å². The maximum atomic E-state index is 12.4. The highest BCUT2D eigenvalue weighted by Crippen LogP contribution is 2.25. The number of hydrogen-bond donors (Lipinski definition) is 1. The lowest BCUT2D eigenvalue weighted by molar-refractivity contribution is -0.132. The molecule has 1 amide bonds. The van der Waals surface area contributed by atoms with Crippen molar-refractivity contribution < 1.29 is 9.90 Å². The van der Waals surface area contributed by atoms with Crippen molar-refractivity contribution in [3.63, 3.8) is 0 Å². The van der Waals surface area contributed by atoms with Crippen molar-refractivity contribution >= 4 is 17.2 Å². The van der Waals surface area contributed by atoms with E-state index in [4.69, 9.17) is 0 Å². The molecule has 1 aromatic heterocycles. The number of aliphatic hydroxyl groups is 1. The van der Waals surface area contributed by atoms with E-state index in [0.29, 0.717) is 6.42 Å². The number of aromatic nitrogens is 1. The zero-order chi connectivity index (χ0) is 16.2. The Kier molecular flexibility index (Phi) is 5.08. The van der Waals surface area contributed by atoms with Gasteiger partial charge in [-0.05, 0) is 24.8 Å². The van der Waals surface area contributed by atoms with Crippen LogP contribution in [0.3, 0.4) is 0 Å². The summed E-state index contributed by atoms with van der Waals surface area (Å²) in [5.41, 5.74) is 3.23. The lowest BCUT2D eigenvalue weighted by atomic mass is 10.1. The van der Waals surface area contributed by atoms with E-state index in [0.717, 1.165) is 42.1 Å². The first-order valence-electron chi connectivity index (χ1n) is 8.15. The minimum Gasteiger partial charge on any atom is -0.394 e. The van der Waals surface area contributed by atoms with E-state index in [2.05, 4.69) is 36.2 Å². The van der Waals surface area contributed by atoms with Crippen LogP contribution < -0.4 is 0 Å². The van der Waals surface area contributed by atoms with Crippen LogP contribution in [0, 0.1) is 0 Å². The quantitative estimate of drug-likeness (QED) is 0.917. The third-order valence-corrected chi connectivity index (χ3v) is 5.34. The molecule has 0 radical (unpaired) electrons. The Morgan fingerprint density at radius 2 is 2.17 bits per heavy atom. The summed E-state index contributed by atoms with van der Waals surface area (Å²) >= 11 is 1.58. The van der Waals surface area contributed by atoms with Gasteiger partial charge in [-0.15, -0.1) is 11.3 Å². The summed E-state index contributed by atoms with van der Waals surface area (Å²) in [7, 11) is 0. The number of benzene rings is 1. The highest BCUT2D eigenvalue weighted by atomic mass is 32.1. The van der Waals surface area contributed by atoms with Crippen LogP contribution in [0.25, 0.3) is 10.6 Å². The van der Waals surface area contributed by atoms with E-state index >= 15 is 0 Å². The van der Waals surface area contributed by atoms with Crippen LogP contribution in [0.5, 0.6) is 0 Å². The number of aliphatic hydroxyl groups excluding tert-OH is 1. The van der Waals surface area contributed by atoms with Crippen LogP contribution in [0.1, 0.15) is 31.0 Å². The second kappa shape index (κ2) is 7.23. The van der Waals surface area contributed by atoms with Gasteiger partial charge >= 0.3 is 0 Å². The molecule has 1 aliphatic heterocycles. The number of likely N-dealkylation sites (tertiary alicyclic amines) is 1. The van der Waals surface area contributed by atoms with Gasteiger partial charge in [0.15, 0.2) is 0 Å². The molecular formula is C18H22N2O2S. The molecule has 1 aliphatic rings. The van der Waals surface area contributed by atoms with Gasteiger partial charge in [-0.25, -0.2) is 4.98 Å². The maximum absolute atomic E-state index is 12.4. The number of amides is 1. The molecule has 1 saturated heterocycles. The fourth-order valence-electron chi connectivity index (χ4n) is 3.01.